The molecular weight excluding hydrogens is 424 g/mol. The van der Waals surface area contributed by atoms with Crippen LogP contribution in [0.5, 0.6) is 0 Å². The molecule has 0 bridgehead atoms. The molecule has 0 aliphatic heterocycles. The maximum absolute atomic E-state index is 11.2. The topological polar surface area (TPSA) is 81.2 Å². The van der Waals surface area contributed by atoms with Crippen molar-refractivity contribution >= 4 is 28.6 Å². The second-order valence-electron chi connectivity index (χ2n) is 7.78. The number of rotatable bonds is 8. The third kappa shape index (κ3) is 4.67. The van der Waals surface area contributed by atoms with Crippen LogP contribution in [0.1, 0.15) is 27.5 Å². The van der Waals surface area contributed by atoms with Gasteiger partial charge in [0.05, 0.1) is 22.6 Å². The number of aromatic nitrogens is 2. The van der Waals surface area contributed by atoms with Crippen LogP contribution >= 0.6 is 11.6 Å². The van der Waals surface area contributed by atoms with Crippen LogP contribution in [-0.2, 0) is 0 Å². The fourth-order valence-electron chi connectivity index (χ4n) is 3.87. The zero-order valence-corrected chi connectivity index (χ0v) is 18.7. The lowest BCUT2D eigenvalue weighted by Crippen LogP contribution is -2.31. The van der Waals surface area contributed by atoms with Gasteiger partial charge in [-0.2, -0.15) is 0 Å². The number of carboxylic acid groups (broad SMARTS) is 1. The molecule has 0 saturated heterocycles. The minimum absolute atomic E-state index is 0.0865. The number of halogens is 1. The Labute approximate surface area is 191 Å². The van der Waals surface area contributed by atoms with Crippen LogP contribution in [0.25, 0.3) is 22.4 Å². The normalized spacial score (nSPS) is 12.4. The number of imidazole rings is 1. The fraction of sp³-hybridized carbons (Fsp3) is 0.200. The molecule has 0 spiro atoms. The molecule has 0 radical (unpaired) electrons. The number of aromatic carboxylic acids is 1. The lowest BCUT2D eigenvalue weighted by atomic mass is 9.96. The third-order valence-electron chi connectivity index (χ3n) is 5.57. The SMILES string of the molecule is CNCCN(C)C(c1ccc(Cl)cc1)c1ccc(-c2nc3ccc(C(=O)O)cc3[nH]2)cc1. The highest BCUT2D eigenvalue weighted by Crippen LogP contribution is 2.30. The summed E-state index contributed by atoms with van der Waals surface area (Å²) in [6.07, 6.45) is 0. The fourth-order valence-corrected chi connectivity index (χ4v) is 3.99. The van der Waals surface area contributed by atoms with Crippen LogP contribution in [0.2, 0.25) is 5.02 Å². The monoisotopic (exact) mass is 448 g/mol. The second-order valence-corrected chi connectivity index (χ2v) is 8.22. The van der Waals surface area contributed by atoms with Gasteiger partial charge < -0.3 is 15.4 Å². The maximum atomic E-state index is 11.2. The summed E-state index contributed by atoms with van der Waals surface area (Å²) in [6, 6.07) is 21.3. The summed E-state index contributed by atoms with van der Waals surface area (Å²) in [7, 11) is 4.07. The van der Waals surface area contributed by atoms with Gasteiger partial charge in [-0.1, -0.05) is 48.0 Å². The Bertz CT molecular complexity index is 1220. The second kappa shape index (κ2) is 9.53. The number of nitrogens with one attached hydrogen (secondary N) is 2. The van der Waals surface area contributed by atoms with Gasteiger partial charge in [0.2, 0.25) is 0 Å². The molecule has 4 aromatic rings. The van der Waals surface area contributed by atoms with E-state index in [9.17, 15) is 9.90 Å². The molecule has 1 atom stereocenters. The van der Waals surface area contributed by atoms with Crippen molar-refractivity contribution in [3.63, 3.8) is 0 Å². The number of aromatic amines is 1. The molecule has 7 heteroatoms. The first-order valence-corrected chi connectivity index (χ1v) is 10.8. The van der Waals surface area contributed by atoms with E-state index in [1.807, 2.05) is 31.3 Å². The zero-order chi connectivity index (χ0) is 22.7. The predicted molar refractivity (Wildman–Crippen MR) is 128 cm³/mol. The van der Waals surface area contributed by atoms with Crippen LogP contribution in [0.4, 0.5) is 0 Å². The Morgan fingerprint density at radius 2 is 1.75 bits per heavy atom. The van der Waals surface area contributed by atoms with E-state index in [4.69, 9.17) is 11.6 Å². The van der Waals surface area contributed by atoms with Crippen molar-refractivity contribution in [3.05, 3.63) is 88.4 Å². The van der Waals surface area contributed by atoms with Crippen LogP contribution in [0.3, 0.4) is 0 Å². The van der Waals surface area contributed by atoms with Gasteiger partial charge in [-0.05, 0) is 55.6 Å². The molecule has 0 aliphatic carbocycles. The predicted octanol–water partition coefficient (Wildman–Crippen LogP) is 4.82. The van der Waals surface area contributed by atoms with Crippen molar-refractivity contribution in [2.45, 2.75) is 6.04 Å². The van der Waals surface area contributed by atoms with Gasteiger partial charge in [0.25, 0.3) is 0 Å². The molecule has 0 amide bonds. The van der Waals surface area contributed by atoms with Crippen LogP contribution < -0.4 is 5.32 Å². The van der Waals surface area contributed by atoms with Crippen LogP contribution in [-0.4, -0.2) is 53.1 Å². The van der Waals surface area contributed by atoms with Gasteiger partial charge in [0.1, 0.15) is 5.82 Å². The van der Waals surface area contributed by atoms with Gasteiger partial charge in [-0.3, -0.25) is 4.90 Å². The molecule has 1 aromatic heterocycles. The van der Waals surface area contributed by atoms with Gasteiger partial charge in [-0.25, -0.2) is 9.78 Å². The lowest BCUT2D eigenvalue weighted by molar-refractivity contribution is 0.0697. The van der Waals surface area contributed by atoms with E-state index in [-0.39, 0.29) is 11.6 Å². The minimum atomic E-state index is -0.956. The summed E-state index contributed by atoms with van der Waals surface area (Å²) >= 11 is 6.11. The highest BCUT2D eigenvalue weighted by Gasteiger charge is 2.19. The molecule has 32 heavy (non-hydrogen) atoms. The number of likely N-dealkylation sites (N-methyl/N-ethyl adjacent to an activating group) is 2. The standard InChI is InChI=1S/C25H25ClN4O2/c1-27-13-14-30(2)23(17-7-10-20(26)11-8-17)16-3-5-18(6-4-16)24-28-21-12-9-19(25(31)32)15-22(21)29-24/h3-12,15,23,27H,13-14H2,1-2H3,(H,28,29)(H,31,32). The molecule has 3 N–H and O–H groups in total. The van der Waals surface area contributed by atoms with Gasteiger partial charge in [-0.15, -0.1) is 0 Å². The number of carbonyl (C=O) groups is 1. The molecule has 164 valence electrons. The molecule has 1 heterocycles. The summed E-state index contributed by atoms with van der Waals surface area (Å²) in [5, 5.41) is 13.1. The van der Waals surface area contributed by atoms with Crippen molar-refractivity contribution in [1.29, 1.82) is 0 Å². The summed E-state index contributed by atoms with van der Waals surface area (Å²) in [4.78, 5) is 21.4. The Morgan fingerprint density at radius 1 is 1.09 bits per heavy atom. The van der Waals surface area contributed by atoms with Crippen molar-refractivity contribution in [1.82, 2.24) is 20.2 Å². The number of benzene rings is 3. The lowest BCUT2D eigenvalue weighted by Gasteiger charge is -2.29. The highest BCUT2D eigenvalue weighted by molar-refractivity contribution is 6.30. The molecular formula is C25H25ClN4O2. The molecule has 6 nitrogen and oxygen atoms in total. The highest BCUT2D eigenvalue weighted by atomic mass is 35.5. The van der Waals surface area contributed by atoms with Crippen molar-refractivity contribution in [2.75, 3.05) is 27.2 Å². The van der Waals surface area contributed by atoms with E-state index in [0.717, 1.165) is 29.2 Å². The van der Waals surface area contributed by atoms with Gasteiger partial charge in [0, 0.05) is 23.7 Å². The van der Waals surface area contributed by atoms with Crippen molar-refractivity contribution in [3.8, 4) is 11.4 Å². The Kier molecular flexibility index (Phi) is 6.55. The Balaban J connectivity index is 1.65. The van der Waals surface area contributed by atoms with Crippen molar-refractivity contribution in [2.24, 2.45) is 0 Å². The maximum Gasteiger partial charge on any atom is 0.335 e. The largest absolute Gasteiger partial charge is 0.478 e. The molecule has 0 saturated carbocycles. The summed E-state index contributed by atoms with van der Waals surface area (Å²) in [6.45, 7) is 1.77. The van der Waals surface area contributed by atoms with Crippen LogP contribution in [0.15, 0.2) is 66.7 Å². The van der Waals surface area contributed by atoms with E-state index in [1.54, 1.807) is 18.2 Å². The molecule has 0 aliphatic rings. The third-order valence-corrected chi connectivity index (χ3v) is 5.82. The quantitative estimate of drug-likeness (QED) is 0.360. The first-order valence-electron chi connectivity index (χ1n) is 10.4. The number of carboxylic acids is 1. The number of H-pyrrole nitrogens is 1. The minimum Gasteiger partial charge on any atom is -0.478 e. The van der Waals surface area contributed by atoms with E-state index in [2.05, 4.69) is 51.5 Å². The first-order chi connectivity index (χ1) is 15.5. The summed E-state index contributed by atoms with van der Waals surface area (Å²) in [5.41, 5.74) is 4.95. The molecule has 0 fully saturated rings. The van der Waals surface area contributed by atoms with Crippen molar-refractivity contribution < 1.29 is 9.90 Å². The van der Waals surface area contributed by atoms with E-state index < -0.39 is 5.97 Å². The Morgan fingerprint density at radius 3 is 2.38 bits per heavy atom. The number of nitrogens with zero attached hydrogens (tertiary/aromatic N) is 2. The van der Waals surface area contributed by atoms with E-state index in [1.165, 1.54) is 11.1 Å². The Hall–Kier alpha value is -3.19. The summed E-state index contributed by atoms with van der Waals surface area (Å²) in [5.74, 6) is -0.247. The van der Waals surface area contributed by atoms with Crippen LogP contribution in [0, 0.1) is 0 Å². The molecule has 4 rings (SSSR count). The van der Waals surface area contributed by atoms with Gasteiger partial charge >= 0.3 is 5.97 Å². The number of hydrogen-bond donors (Lipinski definition) is 3. The van der Waals surface area contributed by atoms with Gasteiger partial charge in [0.15, 0.2) is 0 Å². The molecule has 3 aromatic carbocycles. The van der Waals surface area contributed by atoms with E-state index >= 15 is 0 Å². The zero-order valence-electron chi connectivity index (χ0n) is 18.0. The average molecular weight is 449 g/mol. The number of fused-ring (bicyclic) bond motifs is 1. The van der Waals surface area contributed by atoms with E-state index in [0.29, 0.717) is 11.3 Å². The molecule has 1 unspecified atom stereocenters. The first kappa shape index (κ1) is 22.0. The average Bonchev–Trinajstić information content (AvgIpc) is 3.23. The summed E-state index contributed by atoms with van der Waals surface area (Å²) < 4.78 is 0. The smallest absolute Gasteiger partial charge is 0.335 e. The number of hydrogen-bond acceptors (Lipinski definition) is 4.